The molecule has 3 rings (SSSR count). The van der Waals surface area contributed by atoms with Crippen molar-refractivity contribution in [1.82, 2.24) is 20.5 Å². The molecular formula is C24H29FIN5O2. The van der Waals surface area contributed by atoms with E-state index in [2.05, 4.69) is 20.6 Å². The van der Waals surface area contributed by atoms with Crippen LogP contribution in [0.4, 0.5) is 4.39 Å². The number of carbonyl (C=O) groups is 1. The molecule has 2 N–H and O–H groups in total. The van der Waals surface area contributed by atoms with Crippen LogP contribution in [0.2, 0.25) is 0 Å². The van der Waals surface area contributed by atoms with E-state index in [-0.39, 0.29) is 35.7 Å². The molecular weight excluding hydrogens is 536 g/mol. The Kier molecular flexibility index (Phi) is 10.3. The van der Waals surface area contributed by atoms with Gasteiger partial charge in [-0.1, -0.05) is 12.1 Å². The predicted molar refractivity (Wildman–Crippen MR) is 138 cm³/mol. The van der Waals surface area contributed by atoms with E-state index in [1.807, 2.05) is 31.2 Å². The van der Waals surface area contributed by atoms with E-state index in [9.17, 15) is 9.18 Å². The second-order valence-corrected chi connectivity index (χ2v) is 7.42. The number of hydrogen-bond donors (Lipinski definition) is 2. The van der Waals surface area contributed by atoms with Crippen molar-refractivity contribution in [3.63, 3.8) is 0 Å². The van der Waals surface area contributed by atoms with Gasteiger partial charge in [-0.3, -0.25) is 4.79 Å². The summed E-state index contributed by atoms with van der Waals surface area (Å²) in [6.45, 7) is 3.86. The molecule has 0 spiro atoms. The third kappa shape index (κ3) is 7.85. The maximum atomic E-state index is 13.1. The predicted octanol–water partition coefficient (Wildman–Crippen LogP) is 4.10. The second-order valence-electron chi connectivity index (χ2n) is 7.42. The Morgan fingerprint density at radius 2 is 1.79 bits per heavy atom. The molecule has 9 heteroatoms. The van der Waals surface area contributed by atoms with Gasteiger partial charge in [0.05, 0.1) is 12.2 Å². The molecule has 0 unspecified atom stereocenters. The van der Waals surface area contributed by atoms with Crippen molar-refractivity contribution in [2.75, 3.05) is 27.2 Å². The standard InChI is InChI=1S/C24H28FN5O2.HI/c1-4-26-24(28-15-17-5-7-19(8-6-17)23(31)30(2)3)27-14-13-21-16-32-22(29-21)18-9-11-20(25)12-10-18;/h5-12,16H,4,13-15H2,1-3H3,(H2,26,27,28);1H. The van der Waals surface area contributed by atoms with Gasteiger partial charge in [0, 0.05) is 44.7 Å². The Hall–Kier alpha value is -2.95. The molecule has 1 heterocycles. The van der Waals surface area contributed by atoms with E-state index >= 15 is 0 Å². The average Bonchev–Trinajstić information content (AvgIpc) is 3.26. The van der Waals surface area contributed by atoms with Crippen LogP contribution < -0.4 is 10.6 Å². The molecule has 7 nitrogen and oxygen atoms in total. The van der Waals surface area contributed by atoms with Crippen molar-refractivity contribution in [2.45, 2.75) is 19.9 Å². The average molecular weight is 565 g/mol. The van der Waals surface area contributed by atoms with Crippen LogP contribution >= 0.6 is 24.0 Å². The van der Waals surface area contributed by atoms with Crippen LogP contribution in [0.5, 0.6) is 0 Å². The van der Waals surface area contributed by atoms with Gasteiger partial charge < -0.3 is 20.0 Å². The molecule has 0 saturated heterocycles. The first-order chi connectivity index (χ1) is 15.5. The SMILES string of the molecule is CCNC(=NCc1ccc(C(=O)N(C)C)cc1)NCCc1coc(-c2ccc(F)cc2)n1.I. The van der Waals surface area contributed by atoms with Crippen molar-refractivity contribution in [3.05, 3.63) is 77.4 Å². The molecule has 0 bridgehead atoms. The van der Waals surface area contributed by atoms with Crippen molar-refractivity contribution < 1.29 is 13.6 Å². The van der Waals surface area contributed by atoms with Crippen LogP contribution in [0, 0.1) is 5.82 Å². The van der Waals surface area contributed by atoms with Crippen LogP contribution in [0.25, 0.3) is 11.5 Å². The van der Waals surface area contributed by atoms with E-state index in [0.29, 0.717) is 36.9 Å². The number of nitrogens with zero attached hydrogens (tertiary/aromatic N) is 3. The van der Waals surface area contributed by atoms with Gasteiger partial charge in [-0.2, -0.15) is 0 Å². The van der Waals surface area contributed by atoms with Crippen LogP contribution in [-0.4, -0.2) is 48.9 Å². The number of aromatic nitrogens is 1. The summed E-state index contributed by atoms with van der Waals surface area (Å²) in [6, 6.07) is 13.5. The number of carbonyl (C=O) groups excluding carboxylic acids is 1. The van der Waals surface area contributed by atoms with E-state index in [1.165, 1.54) is 12.1 Å². The van der Waals surface area contributed by atoms with Gasteiger partial charge in [0.25, 0.3) is 5.91 Å². The number of rotatable bonds is 8. The van der Waals surface area contributed by atoms with E-state index in [4.69, 9.17) is 4.42 Å². The summed E-state index contributed by atoms with van der Waals surface area (Å²) < 4.78 is 18.6. The molecule has 0 radical (unpaired) electrons. The van der Waals surface area contributed by atoms with Crippen LogP contribution in [0.3, 0.4) is 0 Å². The minimum absolute atomic E-state index is 0. The second kappa shape index (κ2) is 12.9. The Balaban J connectivity index is 0.00000385. The van der Waals surface area contributed by atoms with Crippen LogP contribution in [-0.2, 0) is 13.0 Å². The van der Waals surface area contributed by atoms with Gasteiger partial charge in [-0.05, 0) is 48.9 Å². The van der Waals surface area contributed by atoms with Crippen molar-refractivity contribution in [1.29, 1.82) is 0 Å². The summed E-state index contributed by atoms with van der Waals surface area (Å²) >= 11 is 0. The van der Waals surface area contributed by atoms with Crippen LogP contribution in [0.1, 0.15) is 28.5 Å². The zero-order valence-electron chi connectivity index (χ0n) is 19.0. The lowest BCUT2D eigenvalue weighted by molar-refractivity contribution is 0.0827. The molecule has 3 aromatic rings. The van der Waals surface area contributed by atoms with Crippen molar-refractivity contribution in [3.8, 4) is 11.5 Å². The zero-order valence-corrected chi connectivity index (χ0v) is 21.3. The summed E-state index contributed by atoms with van der Waals surface area (Å²) in [5.41, 5.74) is 3.20. The number of halogens is 2. The lowest BCUT2D eigenvalue weighted by Gasteiger charge is -2.11. The molecule has 1 amide bonds. The first-order valence-electron chi connectivity index (χ1n) is 10.5. The van der Waals surface area contributed by atoms with E-state index in [0.717, 1.165) is 23.4 Å². The van der Waals surface area contributed by atoms with Crippen molar-refractivity contribution >= 4 is 35.8 Å². The van der Waals surface area contributed by atoms with Gasteiger partial charge in [-0.15, -0.1) is 24.0 Å². The van der Waals surface area contributed by atoms with Crippen molar-refractivity contribution in [2.24, 2.45) is 4.99 Å². The maximum Gasteiger partial charge on any atom is 0.253 e. The third-order valence-corrected chi connectivity index (χ3v) is 4.69. The lowest BCUT2D eigenvalue weighted by atomic mass is 10.1. The van der Waals surface area contributed by atoms with E-state index in [1.54, 1.807) is 37.4 Å². The normalized spacial score (nSPS) is 11.0. The fraction of sp³-hybridized carbons (Fsp3) is 0.292. The molecule has 2 aromatic carbocycles. The van der Waals surface area contributed by atoms with Gasteiger partial charge in [-0.25, -0.2) is 14.4 Å². The number of hydrogen-bond acceptors (Lipinski definition) is 4. The number of amides is 1. The molecule has 0 aliphatic heterocycles. The number of aliphatic imine (C=N–C) groups is 1. The Labute approximate surface area is 210 Å². The Morgan fingerprint density at radius 3 is 2.42 bits per heavy atom. The highest BCUT2D eigenvalue weighted by atomic mass is 127. The summed E-state index contributed by atoms with van der Waals surface area (Å²) in [4.78, 5) is 22.6. The molecule has 0 atom stereocenters. The zero-order chi connectivity index (χ0) is 22.9. The number of guanidine groups is 1. The summed E-state index contributed by atoms with van der Waals surface area (Å²) in [6.07, 6.45) is 2.26. The molecule has 1 aromatic heterocycles. The van der Waals surface area contributed by atoms with E-state index < -0.39 is 0 Å². The molecule has 0 fully saturated rings. The highest BCUT2D eigenvalue weighted by Gasteiger charge is 2.08. The number of oxazole rings is 1. The molecule has 0 aliphatic rings. The maximum absolute atomic E-state index is 13.1. The van der Waals surface area contributed by atoms with Gasteiger partial charge in [0.1, 0.15) is 12.1 Å². The summed E-state index contributed by atoms with van der Waals surface area (Å²) in [5, 5.41) is 6.51. The minimum Gasteiger partial charge on any atom is -0.444 e. The van der Waals surface area contributed by atoms with Gasteiger partial charge in [0.2, 0.25) is 5.89 Å². The Bertz CT molecular complexity index is 1050. The topological polar surface area (TPSA) is 82.8 Å². The number of nitrogens with one attached hydrogen (secondary N) is 2. The Morgan fingerprint density at radius 1 is 1.09 bits per heavy atom. The fourth-order valence-corrected chi connectivity index (χ4v) is 2.98. The molecule has 0 saturated carbocycles. The van der Waals surface area contributed by atoms with Gasteiger partial charge >= 0.3 is 0 Å². The molecule has 33 heavy (non-hydrogen) atoms. The summed E-state index contributed by atoms with van der Waals surface area (Å²) in [5.74, 6) is 0.850. The minimum atomic E-state index is -0.294. The highest BCUT2D eigenvalue weighted by molar-refractivity contribution is 14.0. The first-order valence-corrected chi connectivity index (χ1v) is 10.5. The molecule has 0 aliphatic carbocycles. The monoisotopic (exact) mass is 565 g/mol. The molecule has 176 valence electrons. The fourth-order valence-electron chi connectivity index (χ4n) is 2.98. The quantitative estimate of drug-likeness (QED) is 0.244. The summed E-state index contributed by atoms with van der Waals surface area (Å²) in [7, 11) is 3.47. The van der Waals surface area contributed by atoms with Gasteiger partial charge in [0.15, 0.2) is 5.96 Å². The number of benzene rings is 2. The van der Waals surface area contributed by atoms with Crippen LogP contribution in [0.15, 0.2) is 64.2 Å². The smallest absolute Gasteiger partial charge is 0.253 e. The lowest BCUT2D eigenvalue weighted by Crippen LogP contribution is -2.38. The largest absolute Gasteiger partial charge is 0.444 e. The third-order valence-electron chi connectivity index (χ3n) is 4.69. The highest BCUT2D eigenvalue weighted by Crippen LogP contribution is 2.19. The first kappa shape index (κ1) is 26.3.